The highest BCUT2D eigenvalue weighted by atomic mass is 36.2. The van der Waals surface area contributed by atoms with Gasteiger partial charge in [0, 0.05) is 18.0 Å². The van der Waals surface area contributed by atoms with E-state index in [0.29, 0.717) is 0 Å². The smallest absolute Gasteiger partial charge is 0.0345 e. The molecule has 0 aliphatic rings. The molecule has 0 bridgehead atoms. The predicted molar refractivity (Wildman–Crippen MR) is 112 cm³/mol. The Balaban J connectivity index is 2.68. The topological polar surface area (TPSA) is 0 Å². The van der Waals surface area contributed by atoms with Crippen LogP contribution in [0.25, 0.3) is 0 Å². The van der Waals surface area contributed by atoms with Crippen molar-refractivity contribution in [1.82, 2.24) is 0 Å². The molecule has 132 valence electrons. The summed E-state index contributed by atoms with van der Waals surface area (Å²) in [5.41, 5.74) is 8.52. The van der Waals surface area contributed by atoms with Gasteiger partial charge in [-0.05, 0) is 112 Å². The number of aryl methyl sites for hydroxylation is 3. The van der Waals surface area contributed by atoms with Crippen LogP contribution in [-0.2, 0) is 5.41 Å². The summed E-state index contributed by atoms with van der Waals surface area (Å²) in [5.74, 6) is 0. The third kappa shape index (κ3) is 3.75. The Labute approximate surface area is 161 Å². The maximum Gasteiger partial charge on any atom is 0.0345 e. The normalized spacial score (nSPS) is 13.2. The first-order valence-electron chi connectivity index (χ1n) is 7.98. The molecule has 0 aromatic heterocycles. The van der Waals surface area contributed by atoms with Crippen LogP contribution in [-0.4, -0.2) is 0 Å². The Morgan fingerprint density at radius 1 is 0.667 bits per heavy atom. The van der Waals surface area contributed by atoms with Gasteiger partial charge in [-0.25, -0.2) is 0 Å². The summed E-state index contributed by atoms with van der Waals surface area (Å²) in [7, 11) is 16.5. The first-order chi connectivity index (χ1) is 10.9. The van der Waals surface area contributed by atoms with Gasteiger partial charge in [0.15, 0.2) is 0 Å². The van der Waals surface area contributed by atoms with Crippen LogP contribution in [0.2, 0.25) is 0 Å². The van der Waals surface area contributed by atoms with Crippen LogP contribution in [0.1, 0.15) is 52.8 Å². The number of halogens is 3. The summed E-state index contributed by atoms with van der Waals surface area (Å²) >= 11 is 0. The van der Waals surface area contributed by atoms with Crippen LogP contribution in [0.4, 0.5) is 0 Å². The number of hydrogen-bond acceptors (Lipinski definition) is 0. The van der Waals surface area contributed by atoms with Gasteiger partial charge in [0.05, 0.1) is 0 Å². The van der Waals surface area contributed by atoms with E-state index in [2.05, 4.69) is 65.8 Å². The summed E-state index contributed by atoms with van der Waals surface area (Å²) in [6.45, 7) is 15.1. The second-order valence-electron chi connectivity index (χ2n) is 7.18. The molecule has 2 rings (SSSR count). The van der Waals surface area contributed by atoms with E-state index in [-0.39, 0.29) is 5.41 Å². The van der Waals surface area contributed by atoms with Crippen molar-refractivity contribution in [3.8, 4) is 0 Å². The van der Waals surface area contributed by atoms with Crippen LogP contribution >= 0.6 is 39.7 Å². The van der Waals surface area contributed by atoms with E-state index < -0.39 is 7.67 Å². The lowest BCUT2D eigenvalue weighted by Crippen LogP contribution is -2.20. The van der Waals surface area contributed by atoms with Crippen molar-refractivity contribution in [2.75, 3.05) is 0 Å². The number of hydrogen-bond donors (Lipinski definition) is 0. The molecule has 0 aliphatic carbocycles. The molecule has 0 radical (unpaired) electrons. The highest BCUT2D eigenvalue weighted by Crippen LogP contribution is 2.70. The molecule has 2 aromatic carbocycles. The van der Waals surface area contributed by atoms with Crippen molar-refractivity contribution in [2.24, 2.45) is 0 Å². The number of rotatable bonds is 3. The molecular weight excluding hydrogens is 379 g/mol. The monoisotopic (exact) mass is 402 g/mol. The quantitative estimate of drug-likeness (QED) is 0.484. The summed E-state index contributed by atoms with van der Waals surface area (Å²) in [5, 5.41) is 0. The van der Waals surface area contributed by atoms with Gasteiger partial charge < -0.3 is 0 Å². The van der Waals surface area contributed by atoms with E-state index in [1.165, 1.54) is 27.8 Å². The molecule has 0 spiro atoms. The van der Waals surface area contributed by atoms with Gasteiger partial charge in [0.25, 0.3) is 0 Å². The van der Waals surface area contributed by atoms with Gasteiger partial charge in [0.1, 0.15) is 0 Å². The second-order valence-corrected chi connectivity index (χ2v) is 14.0. The van der Waals surface area contributed by atoms with Crippen molar-refractivity contribution >= 4 is 39.7 Å². The lowest BCUT2D eigenvalue weighted by molar-refractivity contribution is 0.636. The molecule has 0 heterocycles. The average Bonchev–Trinajstić information content (AvgIpc) is 2.45. The molecule has 0 unspecified atom stereocenters. The van der Waals surface area contributed by atoms with Crippen molar-refractivity contribution in [2.45, 2.75) is 58.8 Å². The highest BCUT2D eigenvalue weighted by Gasteiger charge is 2.28. The molecule has 2 aromatic rings. The van der Waals surface area contributed by atoms with E-state index >= 15 is 0 Å². The van der Waals surface area contributed by atoms with E-state index in [9.17, 15) is 0 Å². The van der Waals surface area contributed by atoms with E-state index in [1.807, 2.05) is 6.92 Å². The SMILES string of the molecule is Cc1cc(C(C)(C)c2cc(C)c(C)c(S(Cl)(Cl)Cl)c2)cc(C)c1C. The van der Waals surface area contributed by atoms with E-state index in [4.69, 9.17) is 32.0 Å². The van der Waals surface area contributed by atoms with Crippen molar-refractivity contribution < 1.29 is 0 Å². The van der Waals surface area contributed by atoms with E-state index in [1.54, 1.807) is 0 Å². The third-order valence-electron chi connectivity index (χ3n) is 5.24. The molecule has 0 aliphatic heterocycles. The number of benzene rings is 2. The van der Waals surface area contributed by atoms with Crippen LogP contribution in [0, 0.1) is 34.6 Å². The predicted octanol–water partition coefficient (Wildman–Crippen LogP) is 8.18. The maximum absolute atomic E-state index is 6.29. The van der Waals surface area contributed by atoms with Gasteiger partial charge in [-0.15, -0.1) is 0 Å². The zero-order chi connectivity index (χ0) is 18.4. The molecule has 0 saturated carbocycles. The Morgan fingerprint density at radius 3 is 1.46 bits per heavy atom. The molecule has 0 atom stereocenters. The van der Waals surface area contributed by atoms with Crippen LogP contribution in [0.5, 0.6) is 0 Å². The summed E-state index contributed by atoms with van der Waals surface area (Å²) in [6.07, 6.45) is 0. The molecule has 0 amide bonds. The third-order valence-corrected chi connectivity index (χ3v) is 7.66. The van der Waals surface area contributed by atoms with Crippen LogP contribution in [0.3, 0.4) is 0 Å². The Morgan fingerprint density at radius 2 is 1.04 bits per heavy atom. The highest BCUT2D eigenvalue weighted by molar-refractivity contribution is 8.79. The van der Waals surface area contributed by atoms with Gasteiger partial charge in [0.2, 0.25) is 0 Å². The zero-order valence-corrected chi connectivity index (χ0v) is 18.4. The second kappa shape index (κ2) is 6.76. The molecule has 0 saturated heterocycles. The first kappa shape index (κ1) is 20.0. The first-order valence-corrected chi connectivity index (χ1v) is 12.1. The minimum absolute atomic E-state index is 0.161. The van der Waals surface area contributed by atoms with Gasteiger partial charge in [-0.3, -0.25) is 0 Å². The van der Waals surface area contributed by atoms with Crippen LogP contribution in [0.15, 0.2) is 29.2 Å². The summed E-state index contributed by atoms with van der Waals surface area (Å²) in [6, 6.07) is 8.85. The zero-order valence-electron chi connectivity index (χ0n) is 15.4. The van der Waals surface area contributed by atoms with Gasteiger partial charge >= 0.3 is 0 Å². The fraction of sp³-hybridized carbons (Fsp3) is 0.400. The molecule has 24 heavy (non-hydrogen) atoms. The Hall–Kier alpha value is -0.340. The van der Waals surface area contributed by atoms with Crippen molar-refractivity contribution in [1.29, 1.82) is 0 Å². The summed E-state index contributed by atoms with van der Waals surface area (Å²) in [4.78, 5) is 0.844. The van der Waals surface area contributed by atoms with Crippen LogP contribution < -0.4 is 0 Å². The Kier molecular flexibility index (Phi) is 5.63. The fourth-order valence-corrected chi connectivity index (χ4v) is 5.20. The molecule has 0 fully saturated rings. The molecule has 0 nitrogen and oxygen atoms in total. The largest absolute Gasteiger partial charge is 0.0549 e. The lowest BCUT2D eigenvalue weighted by Gasteiger charge is -2.30. The molecule has 4 heteroatoms. The lowest BCUT2D eigenvalue weighted by atomic mass is 9.76. The van der Waals surface area contributed by atoms with E-state index in [0.717, 1.165) is 16.0 Å². The minimum Gasteiger partial charge on any atom is -0.0549 e. The average molecular weight is 404 g/mol. The fourth-order valence-electron chi connectivity index (χ4n) is 2.99. The van der Waals surface area contributed by atoms with Crippen molar-refractivity contribution in [3.63, 3.8) is 0 Å². The van der Waals surface area contributed by atoms with Gasteiger partial charge in [-0.1, -0.05) is 32.0 Å². The van der Waals surface area contributed by atoms with Crippen molar-refractivity contribution in [3.05, 3.63) is 63.2 Å². The summed E-state index contributed by atoms with van der Waals surface area (Å²) < 4.78 is 0. The molecule has 0 N–H and O–H groups in total. The Bertz CT molecular complexity index is 763. The molecular formula is C20H25Cl3S. The minimum atomic E-state index is -2.33. The standard InChI is InChI=1S/C20H25Cl3S/c1-12-8-17(9-13(2)15(12)4)20(6,7)18-10-14(3)16(5)19(11-18)24(21,22)23/h8-11H,1-7H3. The maximum atomic E-state index is 6.29. The van der Waals surface area contributed by atoms with Gasteiger partial charge in [-0.2, -0.15) is 0 Å².